The molecule has 68 heavy (non-hydrogen) atoms. The van der Waals surface area contributed by atoms with Crippen LogP contribution in [0.3, 0.4) is 0 Å². The van der Waals surface area contributed by atoms with Gasteiger partial charge in [-0.15, -0.1) is 16.6 Å². The number of hydrogen-bond acceptors (Lipinski definition) is 4. The summed E-state index contributed by atoms with van der Waals surface area (Å²) < 4.78 is 0. The normalized spacial score (nSPS) is 12.0. The molecule has 0 spiro atoms. The molecule has 8 aromatic carbocycles. The number of aromatic nitrogens is 4. The number of rotatable bonds is 5. The first-order valence-electron chi connectivity index (χ1n) is 22.2. The summed E-state index contributed by atoms with van der Waals surface area (Å²) in [5, 5.41) is 22.0. The van der Waals surface area contributed by atoms with E-state index >= 15 is 0 Å². The van der Waals surface area contributed by atoms with Crippen molar-refractivity contribution in [2.45, 2.75) is 0 Å². The maximum Gasteiger partial charge on any atom is 2.00 e. The van der Waals surface area contributed by atoms with Gasteiger partial charge < -0.3 is 9.97 Å². The molecule has 1 radical (unpaired) electrons. The molecule has 0 N–H and O–H groups in total. The average molecular weight is 922 g/mol. The van der Waals surface area contributed by atoms with E-state index in [4.69, 9.17) is 19.9 Å². The van der Waals surface area contributed by atoms with Gasteiger partial charge in [0.25, 0.3) is 5.69 Å². The van der Waals surface area contributed by atoms with E-state index in [-0.39, 0.29) is 33.2 Å². The molecule has 0 atom stereocenters. The van der Waals surface area contributed by atoms with E-state index in [9.17, 15) is 10.1 Å². The number of nitro groups is 1. The van der Waals surface area contributed by atoms with Crippen LogP contribution in [0.25, 0.3) is 134 Å². The van der Waals surface area contributed by atoms with E-state index in [1.807, 2.05) is 91.0 Å². The standard InChI is InChI=1S/C60H35N5O2.Cu/c66-65(67)55-35-54-58(46-23-19-38-11-3-7-15-42(38)33-46)52-28-27-50(62-52)56(44-21-17-36-9-1-5-13-40(36)31-44)48-25-26-49(61-48)57(45-22-18-37-10-2-6-14-41(37)32-45)51-29-30-53(63-51)59(60(55)64-54)47-24-20-39-12-4-8-16-43(39)34-47;/h1-35H;/q-2;+2. The SMILES string of the molecule is O=[N+]([O-])c1cc2[n-]c1c(-c1ccc3ccccc3c1)c1nc(c(-c3ccc4ccccc4c3)c3ccc([n-]3)c(-c3ccc4ccccc4c3)c3nc(c2-c2ccc4ccccc4c2)C=C3)C=C1.[Cu+2]. The van der Waals surface area contributed by atoms with Gasteiger partial charge in [0.1, 0.15) is 0 Å². The van der Waals surface area contributed by atoms with Gasteiger partial charge in [0, 0.05) is 6.07 Å². The molecule has 8 heteroatoms. The average Bonchev–Trinajstić information content (AvgIpc) is 4.22. The van der Waals surface area contributed by atoms with Crippen molar-refractivity contribution in [2.75, 3.05) is 0 Å². The molecule has 7 nitrogen and oxygen atoms in total. The summed E-state index contributed by atoms with van der Waals surface area (Å²) in [5.41, 5.74) is 11.0. The summed E-state index contributed by atoms with van der Waals surface area (Å²) in [6.45, 7) is 0. The van der Waals surface area contributed by atoms with E-state index in [0.29, 0.717) is 39.4 Å². The fourth-order valence-corrected chi connectivity index (χ4v) is 9.85. The van der Waals surface area contributed by atoms with Gasteiger partial charge in [0.15, 0.2) is 0 Å². The van der Waals surface area contributed by atoms with Crippen LogP contribution in [-0.2, 0) is 17.1 Å². The number of hydrogen-bond donors (Lipinski definition) is 0. The van der Waals surface area contributed by atoms with E-state index in [1.165, 1.54) is 0 Å². The molecule has 0 unspecified atom stereocenters. The van der Waals surface area contributed by atoms with Crippen LogP contribution in [0.4, 0.5) is 5.69 Å². The van der Waals surface area contributed by atoms with Gasteiger partial charge in [-0.05, 0) is 142 Å². The Kier molecular flexibility index (Phi) is 9.80. The van der Waals surface area contributed by atoms with Crippen LogP contribution in [-0.4, -0.2) is 14.9 Å². The Balaban J connectivity index is 0.00000480. The van der Waals surface area contributed by atoms with Crippen molar-refractivity contribution >= 4 is 95.1 Å². The van der Waals surface area contributed by atoms with Crippen LogP contribution in [0.1, 0.15) is 22.8 Å². The molecule has 13 rings (SSSR count). The van der Waals surface area contributed by atoms with Crippen molar-refractivity contribution in [3.05, 3.63) is 221 Å². The molecule has 5 heterocycles. The zero-order valence-electron chi connectivity index (χ0n) is 36.1. The summed E-state index contributed by atoms with van der Waals surface area (Å²) in [6, 6.07) is 63.9. The molecule has 0 amide bonds. The molecule has 0 aliphatic carbocycles. The Morgan fingerprint density at radius 1 is 0.353 bits per heavy atom. The molecular weight excluding hydrogens is 886 g/mol. The molecule has 3 aromatic heterocycles. The van der Waals surface area contributed by atoms with Crippen LogP contribution >= 0.6 is 0 Å². The minimum atomic E-state index is -0.333. The van der Waals surface area contributed by atoms with Crippen molar-refractivity contribution in [3.8, 4) is 44.5 Å². The van der Waals surface area contributed by atoms with Crippen molar-refractivity contribution in [1.29, 1.82) is 0 Å². The Morgan fingerprint density at radius 2 is 0.676 bits per heavy atom. The van der Waals surface area contributed by atoms with E-state index in [1.54, 1.807) is 6.07 Å². The monoisotopic (exact) mass is 920 g/mol. The second-order valence-corrected chi connectivity index (χ2v) is 17.0. The fourth-order valence-electron chi connectivity index (χ4n) is 9.85. The second kappa shape index (κ2) is 16.3. The summed E-state index contributed by atoms with van der Waals surface area (Å²) in [7, 11) is 0. The number of nitrogens with zero attached hydrogens (tertiary/aromatic N) is 5. The van der Waals surface area contributed by atoms with Gasteiger partial charge in [-0.25, -0.2) is 9.97 Å². The van der Waals surface area contributed by atoms with Gasteiger partial charge in [-0.3, -0.25) is 10.1 Å². The minimum Gasteiger partial charge on any atom is -0.657 e. The molecule has 323 valence electrons. The van der Waals surface area contributed by atoms with Gasteiger partial charge in [-0.2, -0.15) is 0 Å². The molecule has 0 saturated heterocycles. The molecule has 11 aromatic rings. The zero-order valence-corrected chi connectivity index (χ0v) is 37.0. The van der Waals surface area contributed by atoms with Crippen molar-refractivity contribution in [2.24, 2.45) is 0 Å². The Labute approximate surface area is 400 Å². The Bertz CT molecular complexity index is 4160. The van der Waals surface area contributed by atoms with Crippen molar-refractivity contribution < 1.29 is 22.0 Å². The predicted molar refractivity (Wildman–Crippen MR) is 275 cm³/mol. The molecule has 2 aliphatic rings. The largest absolute Gasteiger partial charge is 2.00 e. The van der Waals surface area contributed by atoms with Crippen LogP contribution in [0.2, 0.25) is 0 Å². The second-order valence-electron chi connectivity index (χ2n) is 17.0. The number of benzene rings is 8. The first-order chi connectivity index (χ1) is 33.0. The Morgan fingerprint density at radius 3 is 1.04 bits per heavy atom. The van der Waals surface area contributed by atoms with Crippen LogP contribution < -0.4 is 9.97 Å². The van der Waals surface area contributed by atoms with Crippen LogP contribution in [0.15, 0.2) is 188 Å². The van der Waals surface area contributed by atoms with Gasteiger partial charge in [0.05, 0.1) is 27.7 Å². The number of fused-ring (bicyclic) bond motifs is 12. The third kappa shape index (κ3) is 6.90. The maximum atomic E-state index is 13.4. The summed E-state index contributed by atoms with van der Waals surface area (Å²) >= 11 is 0. The molecule has 0 saturated carbocycles. The zero-order chi connectivity index (χ0) is 44.6. The molecule has 0 fully saturated rings. The topological polar surface area (TPSA) is 97.1 Å². The Hall–Kier alpha value is -8.68. The maximum absolute atomic E-state index is 13.4. The first kappa shape index (κ1) is 40.8. The quantitative estimate of drug-likeness (QED) is 0.0969. The third-order valence-corrected chi connectivity index (χ3v) is 13.0. The fraction of sp³-hybridized carbons (Fsp3) is 0. The predicted octanol–water partition coefficient (Wildman–Crippen LogP) is 15.1. The van der Waals surface area contributed by atoms with Gasteiger partial charge >= 0.3 is 17.1 Å². The van der Waals surface area contributed by atoms with E-state index in [2.05, 4.69) is 115 Å². The van der Waals surface area contributed by atoms with E-state index in [0.717, 1.165) is 87.5 Å². The third-order valence-electron chi connectivity index (χ3n) is 13.0. The van der Waals surface area contributed by atoms with Gasteiger partial charge in [-0.1, -0.05) is 158 Å². The first-order valence-corrected chi connectivity index (χ1v) is 22.2. The molecule has 2 aliphatic heterocycles. The summed E-state index contributed by atoms with van der Waals surface area (Å²) in [6.07, 6.45) is 7.96. The van der Waals surface area contributed by atoms with Crippen molar-refractivity contribution in [1.82, 2.24) is 19.9 Å². The van der Waals surface area contributed by atoms with Gasteiger partial charge in [0.2, 0.25) is 0 Å². The van der Waals surface area contributed by atoms with E-state index < -0.39 is 0 Å². The molecule has 8 bridgehead atoms. The van der Waals surface area contributed by atoms with Crippen LogP contribution in [0.5, 0.6) is 0 Å². The summed E-state index contributed by atoms with van der Waals surface area (Å²) in [5.74, 6) is 0. The minimum absolute atomic E-state index is 0. The van der Waals surface area contributed by atoms with Crippen molar-refractivity contribution in [3.63, 3.8) is 0 Å². The molecular formula is C60H35CuN5O2. The summed E-state index contributed by atoms with van der Waals surface area (Å²) in [4.78, 5) is 34.8. The smallest absolute Gasteiger partial charge is 0.657 e. The van der Waals surface area contributed by atoms with Crippen LogP contribution in [0, 0.1) is 10.1 Å².